The van der Waals surface area contributed by atoms with E-state index < -0.39 is 4.92 Å². The third-order valence-electron chi connectivity index (χ3n) is 3.30. The van der Waals surface area contributed by atoms with Gasteiger partial charge in [0, 0.05) is 12.1 Å². The molecule has 0 spiro atoms. The maximum absolute atomic E-state index is 10.8. The normalized spacial score (nSPS) is 11.9. The summed E-state index contributed by atoms with van der Waals surface area (Å²) in [5.74, 6) is 6.26. The van der Waals surface area contributed by atoms with Crippen LogP contribution in [0.5, 0.6) is 5.75 Å². The Morgan fingerprint density at radius 1 is 1.40 bits per heavy atom. The third-order valence-corrected chi connectivity index (χ3v) is 3.30. The van der Waals surface area contributed by atoms with Crippen molar-refractivity contribution in [3.8, 4) is 5.75 Å². The van der Waals surface area contributed by atoms with Crippen molar-refractivity contribution in [2.45, 2.75) is 39.5 Å². The number of nitro groups is 1. The van der Waals surface area contributed by atoms with E-state index in [4.69, 9.17) is 10.6 Å². The highest BCUT2D eigenvalue weighted by atomic mass is 16.6. The molecule has 0 aromatic heterocycles. The number of non-ortho nitro benzene ring substituents is 1. The number of nitro benzene ring substituents is 1. The Morgan fingerprint density at radius 2 is 2.15 bits per heavy atom. The van der Waals surface area contributed by atoms with Crippen LogP contribution in [-0.4, -0.2) is 11.5 Å². The summed E-state index contributed by atoms with van der Waals surface area (Å²) in [6, 6.07) is 4.47. The van der Waals surface area contributed by atoms with E-state index in [1.807, 2.05) is 0 Å². The van der Waals surface area contributed by atoms with Crippen LogP contribution in [0.4, 0.5) is 11.4 Å². The van der Waals surface area contributed by atoms with E-state index in [1.165, 1.54) is 18.6 Å². The summed E-state index contributed by atoms with van der Waals surface area (Å²) in [6.07, 6.45) is 4.49. The van der Waals surface area contributed by atoms with Crippen molar-refractivity contribution in [1.29, 1.82) is 0 Å². The minimum absolute atomic E-state index is 0.0305. The molecule has 0 aliphatic carbocycles. The first-order valence-electron chi connectivity index (χ1n) is 6.99. The third kappa shape index (κ3) is 5.05. The van der Waals surface area contributed by atoms with Crippen molar-refractivity contribution in [3.63, 3.8) is 0 Å². The van der Waals surface area contributed by atoms with Gasteiger partial charge >= 0.3 is 0 Å². The van der Waals surface area contributed by atoms with Gasteiger partial charge in [0.25, 0.3) is 5.69 Å². The van der Waals surface area contributed by atoms with Crippen LogP contribution in [0.1, 0.15) is 39.5 Å². The van der Waals surface area contributed by atoms with Gasteiger partial charge < -0.3 is 10.2 Å². The maximum Gasteiger partial charge on any atom is 0.275 e. The highest BCUT2D eigenvalue weighted by molar-refractivity contribution is 5.55. The summed E-state index contributed by atoms with van der Waals surface area (Å²) in [4.78, 5) is 10.4. The number of hydrogen-bond acceptors (Lipinski definition) is 5. The van der Waals surface area contributed by atoms with Gasteiger partial charge in [0.2, 0.25) is 0 Å². The van der Waals surface area contributed by atoms with Crippen molar-refractivity contribution in [2.24, 2.45) is 11.8 Å². The molecule has 0 aliphatic rings. The Hall–Kier alpha value is -1.82. The molecule has 0 bridgehead atoms. The predicted molar refractivity (Wildman–Crippen MR) is 79.7 cm³/mol. The highest BCUT2D eigenvalue weighted by Crippen LogP contribution is 2.26. The number of rotatable bonds is 9. The Morgan fingerprint density at radius 3 is 2.70 bits per heavy atom. The summed E-state index contributed by atoms with van der Waals surface area (Å²) in [6.45, 7) is 4.86. The number of hydrogen-bond donors (Lipinski definition) is 2. The molecule has 1 unspecified atom stereocenters. The summed E-state index contributed by atoms with van der Waals surface area (Å²) in [7, 11) is 0. The van der Waals surface area contributed by atoms with Gasteiger partial charge in [-0.25, -0.2) is 0 Å². The summed E-state index contributed by atoms with van der Waals surface area (Å²) in [5, 5.41) is 10.8. The lowest BCUT2D eigenvalue weighted by Crippen LogP contribution is -2.12. The van der Waals surface area contributed by atoms with E-state index in [0.29, 0.717) is 24.0 Å². The molecule has 0 saturated heterocycles. The first kappa shape index (κ1) is 16.2. The topological polar surface area (TPSA) is 90.4 Å². The van der Waals surface area contributed by atoms with Gasteiger partial charge in [-0.3, -0.25) is 16.0 Å². The van der Waals surface area contributed by atoms with Gasteiger partial charge in [-0.1, -0.05) is 33.1 Å². The van der Waals surface area contributed by atoms with Crippen molar-refractivity contribution in [1.82, 2.24) is 0 Å². The fourth-order valence-corrected chi connectivity index (χ4v) is 1.97. The van der Waals surface area contributed by atoms with Crippen molar-refractivity contribution >= 4 is 11.4 Å². The average Bonchev–Trinajstić information content (AvgIpc) is 2.47. The number of benzene rings is 1. The zero-order chi connectivity index (χ0) is 15.0. The van der Waals surface area contributed by atoms with Crippen LogP contribution in [0.15, 0.2) is 18.2 Å². The van der Waals surface area contributed by atoms with Crippen LogP contribution in [0, 0.1) is 16.0 Å². The molecule has 1 aromatic rings. The van der Waals surface area contributed by atoms with Crippen LogP contribution in [0.2, 0.25) is 0 Å². The molecular formula is C14H23N3O3. The Kier molecular flexibility index (Phi) is 6.79. The van der Waals surface area contributed by atoms with Gasteiger partial charge in [0.1, 0.15) is 5.75 Å². The minimum atomic E-state index is -0.456. The second kappa shape index (κ2) is 8.37. The van der Waals surface area contributed by atoms with Gasteiger partial charge in [-0.2, -0.15) is 0 Å². The molecule has 112 valence electrons. The summed E-state index contributed by atoms with van der Waals surface area (Å²) < 4.78 is 5.69. The monoisotopic (exact) mass is 281 g/mol. The molecular weight excluding hydrogens is 258 g/mol. The number of hydrazine groups is 1. The molecule has 0 radical (unpaired) electrons. The number of ether oxygens (including phenoxy) is 1. The average molecular weight is 281 g/mol. The SMILES string of the molecule is CCCCC(CC)COc1cc(NN)cc([N+](=O)[O-])c1. The number of anilines is 1. The quantitative estimate of drug-likeness (QED) is 0.411. The van der Waals surface area contributed by atoms with Crippen molar-refractivity contribution < 1.29 is 9.66 Å². The Bertz CT molecular complexity index is 438. The molecule has 1 atom stereocenters. The molecule has 1 aromatic carbocycles. The molecule has 0 amide bonds. The lowest BCUT2D eigenvalue weighted by Gasteiger charge is -2.16. The fourth-order valence-electron chi connectivity index (χ4n) is 1.97. The predicted octanol–water partition coefficient (Wildman–Crippen LogP) is 3.48. The molecule has 0 fully saturated rings. The molecule has 1 rings (SSSR count). The van der Waals surface area contributed by atoms with Crippen LogP contribution in [0.3, 0.4) is 0 Å². The molecule has 20 heavy (non-hydrogen) atoms. The number of nitrogen functional groups attached to an aromatic ring is 1. The lowest BCUT2D eigenvalue weighted by atomic mass is 10.0. The van der Waals surface area contributed by atoms with E-state index in [2.05, 4.69) is 19.3 Å². The van der Waals surface area contributed by atoms with Gasteiger partial charge in [-0.15, -0.1) is 0 Å². The second-order valence-corrected chi connectivity index (χ2v) is 4.84. The van der Waals surface area contributed by atoms with Crippen LogP contribution >= 0.6 is 0 Å². The molecule has 3 N–H and O–H groups in total. The number of nitrogens with one attached hydrogen (secondary N) is 1. The van der Waals surface area contributed by atoms with E-state index in [9.17, 15) is 10.1 Å². The first-order valence-corrected chi connectivity index (χ1v) is 6.99. The second-order valence-electron chi connectivity index (χ2n) is 4.84. The molecule has 0 heterocycles. The van der Waals surface area contributed by atoms with Gasteiger partial charge in [0.15, 0.2) is 0 Å². The molecule has 6 nitrogen and oxygen atoms in total. The number of unbranched alkanes of at least 4 members (excludes halogenated alkanes) is 1. The van der Waals surface area contributed by atoms with Crippen LogP contribution in [-0.2, 0) is 0 Å². The molecule has 0 aliphatic heterocycles. The summed E-state index contributed by atoms with van der Waals surface area (Å²) >= 11 is 0. The highest BCUT2D eigenvalue weighted by Gasteiger charge is 2.12. The van der Waals surface area contributed by atoms with Crippen molar-refractivity contribution in [3.05, 3.63) is 28.3 Å². The Labute approximate surface area is 119 Å². The van der Waals surface area contributed by atoms with Crippen LogP contribution < -0.4 is 16.0 Å². The largest absolute Gasteiger partial charge is 0.493 e. The Balaban J connectivity index is 2.70. The first-order chi connectivity index (χ1) is 9.60. The van der Waals surface area contributed by atoms with E-state index in [0.717, 1.165) is 19.3 Å². The lowest BCUT2D eigenvalue weighted by molar-refractivity contribution is -0.384. The van der Waals surface area contributed by atoms with Crippen LogP contribution in [0.25, 0.3) is 0 Å². The van der Waals surface area contributed by atoms with Gasteiger partial charge in [-0.05, 0) is 12.3 Å². The van der Waals surface area contributed by atoms with Crippen molar-refractivity contribution in [2.75, 3.05) is 12.0 Å². The van der Waals surface area contributed by atoms with E-state index >= 15 is 0 Å². The zero-order valence-electron chi connectivity index (χ0n) is 12.1. The smallest absolute Gasteiger partial charge is 0.275 e. The molecule has 0 saturated carbocycles. The van der Waals surface area contributed by atoms with E-state index in [1.54, 1.807) is 6.07 Å². The van der Waals surface area contributed by atoms with Gasteiger partial charge in [0.05, 0.1) is 23.3 Å². The minimum Gasteiger partial charge on any atom is -0.493 e. The number of nitrogens with two attached hydrogens (primary N) is 1. The summed E-state index contributed by atoms with van der Waals surface area (Å²) in [5.41, 5.74) is 2.85. The molecule has 6 heteroatoms. The van der Waals surface area contributed by atoms with E-state index in [-0.39, 0.29) is 5.69 Å². The maximum atomic E-state index is 10.8. The standard InChI is InChI=1S/C14H23N3O3/c1-3-5-6-11(4-2)10-20-14-8-12(16-15)7-13(9-14)17(18)19/h7-9,11,16H,3-6,10,15H2,1-2H3. The zero-order valence-corrected chi connectivity index (χ0v) is 12.1. The number of nitrogens with zero attached hydrogens (tertiary/aromatic N) is 1. The fraction of sp³-hybridized carbons (Fsp3) is 0.571.